The minimum atomic E-state index is -3.30. The number of aromatic nitrogens is 1. The highest BCUT2D eigenvalue weighted by Gasteiger charge is 2.41. The van der Waals surface area contributed by atoms with E-state index in [1.165, 1.54) is 11.5 Å². The summed E-state index contributed by atoms with van der Waals surface area (Å²) in [4.78, 5) is 2.65. The van der Waals surface area contributed by atoms with E-state index in [4.69, 9.17) is 5.73 Å². The topological polar surface area (TPSA) is 88.3 Å². The zero-order valence-electron chi connectivity index (χ0n) is 12.2. The third-order valence-corrected chi connectivity index (χ3v) is 7.54. The van der Waals surface area contributed by atoms with Crippen molar-refractivity contribution in [1.82, 2.24) is 9.27 Å². The highest BCUT2D eigenvalue weighted by molar-refractivity contribution is 7.92. The Kier molecular flexibility index (Phi) is 4.11. The van der Waals surface area contributed by atoms with Gasteiger partial charge in [-0.15, -0.1) is 0 Å². The molecule has 0 unspecified atom stereocenters. The van der Waals surface area contributed by atoms with E-state index in [1.54, 1.807) is 0 Å². The molecule has 118 valence electrons. The van der Waals surface area contributed by atoms with E-state index in [1.807, 2.05) is 0 Å². The number of sulfone groups is 1. The van der Waals surface area contributed by atoms with Crippen molar-refractivity contribution in [3.63, 3.8) is 0 Å². The van der Waals surface area contributed by atoms with E-state index < -0.39 is 9.84 Å². The molecule has 1 aromatic heterocycles. The van der Waals surface area contributed by atoms with Gasteiger partial charge in [0, 0.05) is 19.1 Å². The van der Waals surface area contributed by atoms with Crippen LogP contribution in [0.3, 0.4) is 0 Å². The zero-order valence-corrected chi connectivity index (χ0v) is 13.8. The molecule has 3 rings (SSSR count). The molecule has 0 atom stereocenters. The van der Waals surface area contributed by atoms with Crippen LogP contribution in [-0.4, -0.2) is 48.6 Å². The van der Waals surface area contributed by atoms with Gasteiger partial charge >= 0.3 is 0 Å². The fraction of sp³-hybridized carbons (Fsp3) is 0.769. The largest absolute Gasteiger partial charge is 0.382 e. The van der Waals surface area contributed by atoms with Crippen LogP contribution in [0.25, 0.3) is 0 Å². The Morgan fingerprint density at radius 2 is 2.00 bits per heavy atom. The lowest BCUT2D eigenvalue weighted by atomic mass is 10.1. The third kappa shape index (κ3) is 3.02. The number of rotatable bonds is 5. The Morgan fingerprint density at radius 1 is 1.33 bits per heavy atom. The number of nitrogens with zero attached hydrogens (tertiary/aromatic N) is 2. The van der Waals surface area contributed by atoms with Crippen molar-refractivity contribution in [2.24, 2.45) is 0 Å². The van der Waals surface area contributed by atoms with Crippen LogP contribution in [0.1, 0.15) is 32.6 Å². The summed E-state index contributed by atoms with van der Waals surface area (Å²) in [6.07, 6.45) is 3.53. The lowest BCUT2D eigenvalue weighted by Crippen LogP contribution is -2.38. The van der Waals surface area contributed by atoms with Crippen LogP contribution in [0, 0.1) is 0 Å². The second-order valence-corrected chi connectivity index (χ2v) is 8.76. The van der Waals surface area contributed by atoms with Gasteiger partial charge in [0.1, 0.15) is 9.90 Å². The molecule has 2 heterocycles. The van der Waals surface area contributed by atoms with E-state index in [0.29, 0.717) is 11.0 Å². The van der Waals surface area contributed by atoms with Crippen LogP contribution in [0.4, 0.5) is 10.8 Å². The number of nitrogens with one attached hydrogen (secondary N) is 1. The zero-order chi connectivity index (χ0) is 15.0. The van der Waals surface area contributed by atoms with Crippen LogP contribution < -0.4 is 11.1 Å². The predicted molar refractivity (Wildman–Crippen MR) is 85.5 cm³/mol. The molecule has 1 aliphatic heterocycles. The summed E-state index contributed by atoms with van der Waals surface area (Å²) in [5.74, 6) is 0.153. The second kappa shape index (κ2) is 5.73. The monoisotopic (exact) mass is 330 g/mol. The molecule has 1 saturated carbocycles. The van der Waals surface area contributed by atoms with Gasteiger partial charge in [0.2, 0.25) is 0 Å². The van der Waals surface area contributed by atoms with Gasteiger partial charge in [0.25, 0.3) is 0 Å². The highest BCUT2D eigenvalue weighted by Crippen LogP contribution is 2.41. The van der Waals surface area contributed by atoms with Crippen molar-refractivity contribution in [2.45, 2.75) is 48.8 Å². The molecular weight excluding hydrogens is 308 g/mol. The van der Waals surface area contributed by atoms with Crippen molar-refractivity contribution < 1.29 is 8.42 Å². The summed E-state index contributed by atoms with van der Waals surface area (Å²) in [6, 6.07) is 0.306. The maximum Gasteiger partial charge on any atom is 0.187 e. The van der Waals surface area contributed by atoms with Crippen LogP contribution >= 0.6 is 11.5 Å². The number of likely N-dealkylation sites (tertiary alicyclic amines) is 1. The molecule has 1 aromatic rings. The molecule has 0 aromatic carbocycles. The van der Waals surface area contributed by atoms with Crippen LogP contribution in [0.5, 0.6) is 0 Å². The molecule has 0 spiro atoms. The molecular formula is C13H22N4O2S2. The Labute approximate surface area is 129 Å². The standard InChI is InChI=1S/C13H22N4O2S2/c1-2-17-7-5-9(6-8-17)15-13-11(12(14)16-20-13)21(18,19)10-3-4-10/h9-10,15H,2-8H2,1H3,(H2,14,16). The molecule has 21 heavy (non-hydrogen) atoms. The number of hydrogen-bond donors (Lipinski definition) is 2. The lowest BCUT2D eigenvalue weighted by molar-refractivity contribution is 0.229. The predicted octanol–water partition coefficient (Wildman–Crippen LogP) is 1.56. The minimum absolute atomic E-state index is 0.153. The number of nitrogens with two attached hydrogens (primary N) is 1. The lowest BCUT2D eigenvalue weighted by Gasteiger charge is -2.31. The molecule has 0 radical (unpaired) electrons. The van der Waals surface area contributed by atoms with Crippen molar-refractivity contribution in [3.05, 3.63) is 0 Å². The van der Waals surface area contributed by atoms with Gasteiger partial charge in [-0.3, -0.25) is 0 Å². The maximum atomic E-state index is 12.5. The van der Waals surface area contributed by atoms with Gasteiger partial charge in [-0.05, 0) is 43.8 Å². The molecule has 8 heteroatoms. The molecule has 0 amide bonds. The first-order chi connectivity index (χ1) is 10.0. The van der Waals surface area contributed by atoms with Crippen LogP contribution in [0.15, 0.2) is 4.90 Å². The smallest absolute Gasteiger partial charge is 0.187 e. The molecule has 1 saturated heterocycles. The summed E-state index contributed by atoms with van der Waals surface area (Å²) in [5.41, 5.74) is 5.81. The van der Waals surface area contributed by atoms with Gasteiger partial charge in [-0.2, -0.15) is 4.37 Å². The normalized spacial score (nSPS) is 21.6. The highest BCUT2D eigenvalue weighted by atomic mass is 32.2. The van der Waals surface area contributed by atoms with Gasteiger partial charge in [0.05, 0.1) is 5.25 Å². The van der Waals surface area contributed by atoms with Crippen LogP contribution in [-0.2, 0) is 9.84 Å². The first kappa shape index (κ1) is 15.1. The third-order valence-electron chi connectivity index (χ3n) is 4.29. The average molecular weight is 330 g/mol. The minimum Gasteiger partial charge on any atom is -0.382 e. The summed E-state index contributed by atoms with van der Waals surface area (Å²) < 4.78 is 29.0. The molecule has 1 aliphatic carbocycles. The van der Waals surface area contributed by atoms with Crippen molar-refractivity contribution in [2.75, 3.05) is 30.7 Å². The summed E-state index contributed by atoms with van der Waals surface area (Å²) >= 11 is 1.17. The fourth-order valence-corrected chi connectivity index (χ4v) is 5.74. The molecule has 3 N–H and O–H groups in total. The summed E-state index contributed by atoms with van der Waals surface area (Å²) in [6.45, 7) is 5.33. The molecule has 6 nitrogen and oxygen atoms in total. The van der Waals surface area contributed by atoms with Gasteiger partial charge in [-0.25, -0.2) is 8.42 Å². The average Bonchev–Trinajstić information content (AvgIpc) is 3.25. The number of nitrogen functional groups attached to an aromatic ring is 1. The van der Waals surface area contributed by atoms with Gasteiger partial charge < -0.3 is 16.0 Å². The summed E-state index contributed by atoms with van der Waals surface area (Å²) in [5, 5.41) is 3.76. The van der Waals surface area contributed by atoms with Gasteiger partial charge in [0.15, 0.2) is 15.7 Å². The van der Waals surface area contributed by atoms with Crippen molar-refractivity contribution in [1.29, 1.82) is 0 Å². The Balaban J connectivity index is 1.75. The summed E-state index contributed by atoms with van der Waals surface area (Å²) in [7, 11) is -3.30. The Morgan fingerprint density at radius 3 is 2.57 bits per heavy atom. The first-order valence-corrected chi connectivity index (χ1v) is 9.82. The molecule has 0 bridgehead atoms. The molecule has 2 fully saturated rings. The first-order valence-electron chi connectivity index (χ1n) is 7.50. The molecule has 2 aliphatic rings. The van der Waals surface area contributed by atoms with E-state index in [0.717, 1.165) is 45.3 Å². The SMILES string of the molecule is CCN1CCC(Nc2snc(N)c2S(=O)(=O)C2CC2)CC1. The van der Waals surface area contributed by atoms with Crippen molar-refractivity contribution >= 4 is 32.2 Å². The number of anilines is 2. The van der Waals surface area contributed by atoms with Gasteiger partial charge in [-0.1, -0.05) is 6.92 Å². The number of hydrogen-bond acceptors (Lipinski definition) is 7. The maximum absolute atomic E-state index is 12.5. The van der Waals surface area contributed by atoms with E-state index in [2.05, 4.69) is 21.5 Å². The van der Waals surface area contributed by atoms with E-state index in [9.17, 15) is 8.42 Å². The Hall–Kier alpha value is -0.860. The number of piperidine rings is 1. The quantitative estimate of drug-likeness (QED) is 0.852. The van der Waals surface area contributed by atoms with Crippen molar-refractivity contribution in [3.8, 4) is 0 Å². The van der Waals surface area contributed by atoms with E-state index in [-0.39, 0.29) is 16.0 Å². The second-order valence-electron chi connectivity index (χ2n) is 5.82. The van der Waals surface area contributed by atoms with Crippen LogP contribution in [0.2, 0.25) is 0 Å². The Bertz CT molecular complexity index is 602. The van der Waals surface area contributed by atoms with E-state index >= 15 is 0 Å². The fourth-order valence-electron chi connectivity index (χ4n) is 2.78.